The summed E-state index contributed by atoms with van der Waals surface area (Å²) >= 11 is 0. The van der Waals surface area contributed by atoms with Crippen molar-refractivity contribution >= 4 is 24.6 Å². The van der Waals surface area contributed by atoms with Crippen LogP contribution in [0.15, 0.2) is 0 Å². The van der Waals surface area contributed by atoms with E-state index in [2.05, 4.69) is 18.9 Å². The molecule has 4 N–H and O–H groups in total. The van der Waals surface area contributed by atoms with Crippen molar-refractivity contribution in [3.05, 3.63) is 0 Å². The lowest BCUT2D eigenvalue weighted by atomic mass is 10.1. The zero-order chi connectivity index (χ0) is 16.3. The van der Waals surface area contributed by atoms with Crippen molar-refractivity contribution in [2.75, 3.05) is 0 Å². The van der Waals surface area contributed by atoms with Gasteiger partial charge in [0.2, 0.25) is 0 Å². The molecule has 0 aromatic heterocycles. The Morgan fingerprint density at radius 3 is 1.05 bits per heavy atom. The third-order valence-electron chi connectivity index (χ3n) is 2.60. The summed E-state index contributed by atoms with van der Waals surface area (Å²) in [5.41, 5.74) is 0. The van der Waals surface area contributed by atoms with Crippen LogP contribution in [-0.4, -0.2) is 56.6 Å². The zero-order valence-electron chi connectivity index (χ0n) is 10.2. The van der Waals surface area contributed by atoms with Crippen LogP contribution in [0.3, 0.4) is 0 Å². The Kier molecular flexibility index (Phi) is 4.30. The van der Waals surface area contributed by atoms with E-state index in [1.165, 1.54) is 0 Å². The maximum Gasteiger partial charge on any atom is 0.509 e. The van der Waals surface area contributed by atoms with Gasteiger partial charge in [-0.05, 0) is 6.42 Å². The van der Waals surface area contributed by atoms with Gasteiger partial charge in [-0.2, -0.15) is 0 Å². The first-order valence-electron chi connectivity index (χ1n) is 5.30. The topological polar surface area (TPSA) is 186 Å². The molecule has 0 heterocycles. The van der Waals surface area contributed by atoms with E-state index in [-0.39, 0.29) is 6.42 Å². The molecule has 0 aliphatic heterocycles. The van der Waals surface area contributed by atoms with E-state index in [1.807, 2.05) is 0 Å². The number of ether oxygens (including phenoxy) is 4. The molecule has 0 spiro atoms. The second-order valence-corrected chi connectivity index (χ2v) is 3.83. The van der Waals surface area contributed by atoms with Crippen LogP contribution in [0.2, 0.25) is 0 Å². The Morgan fingerprint density at radius 1 is 0.619 bits per heavy atom. The third-order valence-corrected chi connectivity index (χ3v) is 2.60. The lowest BCUT2D eigenvalue weighted by Gasteiger charge is -2.38. The molecule has 0 bridgehead atoms. The van der Waals surface area contributed by atoms with Gasteiger partial charge in [-0.25, -0.2) is 19.2 Å². The van der Waals surface area contributed by atoms with Gasteiger partial charge in [-0.3, -0.25) is 0 Å². The van der Waals surface area contributed by atoms with E-state index in [0.29, 0.717) is 0 Å². The summed E-state index contributed by atoms with van der Waals surface area (Å²) in [5, 5.41) is 34.6. The molecule has 1 aliphatic carbocycles. The van der Waals surface area contributed by atoms with Gasteiger partial charge in [0.15, 0.2) is 0 Å². The van der Waals surface area contributed by atoms with Crippen molar-refractivity contribution < 1.29 is 58.6 Å². The minimum atomic E-state index is -2.79. The van der Waals surface area contributed by atoms with Crippen LogP contribution in [0, 0.1) is 0 Å². The molecule has 118 valence electrons. The summed E-state index contributed by atoms with van der Waals surface area (Å²) in [6, 6.07) is 0. The van der Waals surface area contributed by atoms with Crippen LogP contribution in [0.1, 0.15) is 19.3 Å². The van der Waals surface area contributed by atoms with E-state index in [0.717, 1.165) is 0 Å². The van der Waals surface area contributed by atoms with Gasteiger partial charge in [0, 0.05) is 12.8 Å². The SMILES string of the molecule is O=C(O)OC1(OC(=O)O)CCCC1(OC(=O)O)OC(=O)O. The maximum atomic E-state index is 10.7. The molecule has 0 unspecified atom stereocenters. The van der Waals surface area contributed by atoms with Crippen LogP contribution in [0.25, 0.3) is 0 Å². The average Bonchev–Trinajstić information content (AvgIpc) is 2.52. The Morgan fingerprint density at radius 2 is 0.857 bits per heavy atom. The predicted molar refractivity (Wildman–Crippen MR) is 55.8 cm³/mol. The van der Waals surface area contributed by atoms with Crippen LogP contribution >= 0.6 is 0 Å². The lowest BCUT2D eigenvalue weighted by Crippen LogP contribution is -2.60. The lowest BCUT2D eigenvalue weighted by molar-refractivity contribution is -0.339. The first-order valence-corrected chi connectivity index (χ1v) is 5.30. The summed E-state index contributed by atoms with van der Waals surface area (Å²) < 4.78 is 17.1. The Labute approximate surface area is 115 Å². The third kappa shape index (κ3) is 3.34. The first kappa shape index (κ1) is 16.1. The highest BCUT2D eigenvalue weighted by Gasteiger charge is 2.69. The van der Waals surface area contributed by atoms with Gasteiger partial charge < -0.3 is 39.4 Å². The quantitative estimate of drug-likeness (QED) is 0.431. The van der Waals surface area contributed by atoms with Gasteiger partial charge in [0.1, 0.15) is 0 Å². The number of rotatable bonds is 4. The Bertz CT molecular complexity index is 393. The Hall–Kier alpha value is -2.92. The van der Waals surface area contributed by atoms with Gasteiger partial charge >= 0.3 is 36.2 Å². The van der Waals surface area contributed by atoms with Crippen LogP contribution in [-0.2, 0) is 18.9 Å². The molecule has 1 fully saturated rings. The largest absolute Gasteiger partial charge is 0.509 e. The molecular formula is C9H10O12. The van der Waals surface area contributed by atoms with E-state index < -0.39 is 49.0 Å². The molecule has 1 rings (SSSR count). The summed E-state index contributed by atoms with van der Waals surface area (Å²) in [6.07, 6.45) is -9.22. The molecule has 1 aliphatic rings. The predicted octanol–water partition coefficient (Wildman–Crippen LogP) is 1.34. The molecule has 21 heavy (non-hydrogen) atoms. The van der Waals surface area contributed by atoms with Crippen molar-refractivity contribution in [1.82, 2.24) is 0 Å². The highest BCUT2D eigenvalue weighted by atomic mass is 16.9. The second kappa shape index (κ2) is 5.60. The molecular weight excluding hydrogens is 300 g/mol. The summed E-state index contributed by atoms with van der Waals surface area (Å²) in [7, 11) is 0. The van der Waals surface area contributed by atoms with Gasteiger partial charge in [-0.15, -0.1) is 0 Å². The second-order valence-electron chi connectivity index (χ2n) is 3.83. The average molecular weight is 310 g/mol. The molecule has 0 radical (unpaired) electrons. The van der Waals surface area contributed by atoms with Gasteiger partial charge in [0.05, 0.1) is 0 Å². The smallest absolute Gasteiger partial charge is 0.450 e. The standard InChI is InChI=1S/C9H10O12/c10-4(11)18-8(19-5(12)13)2-1-3-9(8,20-6(14)15)21-7(16)17/h1-3H2,(H,10,11)(H,12,13)(H,14,15)(H,16,17). The van der Waals surface area contributed by atoms with E-state index in [1.54, 1.807) is 0 Å². The number of hydrogen-bond donors (Lipinski definition) is 4. The monoisotopic (exact) mass is 310 g/mol. The number of hydrogen-bond acceptors (Lipinski definition) is 8. The van der Waals surface area contributed by atoms with Crippen molar-refractivity contribution in [1.29, 1.82) is 0 Å². The normalized spacial score (nSPS) is 18.3. The molecule has 0 aromatic rings. The van der Waals surface area contributed by atoms with E-state index in [9.17, 15) is 19.2 Å². The van der Waals surface area contributed by atoms with Gasteiger partial charge in [0.25, 0.3) is 0 Å². The molecule has 0 saturated heterocycles. The summed E-state index contributed by atoms with van der Waals surface area (Å²) in [5.74, 6) is -5.58. The van der Waals surface area contributed by atoms with Crippen molar-refractivity contribution in [3.8, 4) is 0 Å². The molecule has 1 saturated carbocycles. The number of carbonyl (C=O) groups is 4. The molecule has 12 nitrogen and oxygen atoms in total. The summed E-state index contributed by atoms with van der Waals surface area (Å²) in [4.78, 5) is 42.8. The Balaban J connectivity index is 3.32. The number of carboxylic acid groups (broad SMARTS) is 4. The van der Waals surface area contributed by atoms with E-state index in [4.69, 9.17) is 20.4 Å². The maximum absolute atomic E-state index is 10.7. The minimum Gasteiger partial charge on any atom is -0.450 e. The van der Waals surface area contributed by atoms with Crippen molar-refractivity contribution in [2.24, 2.45) is 0 Å². The van der Waals surface area contributed by atoms with Crippen molar-refractivity contribution in [3.63, 3.8) is 0 Å². The van der Waals surface area contributed by atoms with E-state index >= 15 is 0 Å². The molecule has 12 heteroatoms. The van der Waals surface area contributed by atoms with Gasteiger partial charge in [-0.1, -0.05) is 0 Å². The highest BCUT2D eigenvalue weighted by molar-refractivity contribution is 5.63. The zero-order valence-corrected chi connectivity index (χ0v) is 10.2. The first-order chi connectivity index (χ1) is 9.62. The fourth-order valence-corrected chi connectivity index (χ4v) is 2.06. The van der Waals surface area contributed by atoms with Crippen LogP contribution in [0.5, 0.6) is 0 Å². The molecule has 0 atom stereocenters. The fraction of sp³-hybridized carbons (Fsp3) is 0.556. The van der Waals surface area contributed by atoms with Crippen molar-refractivity contribution in [2.45, 2.75) is 30.8 Å². The molecule has 0 amide bonds. The highest BCUT2D eigenvalue weighted by Crippen LogP contribution is 2.47. The fourth-order valence-electron chi connectivity index (χ4n) is 2.06. The van der Waals surface area contributed by atoms with Crippen LogP contribution < -0.4 is 0 Å². The minimum absolute atomic E-state index is 0.0822. The van der Waals surface area contributed by atoms with Crippen LogP contribution in [0.4, 0.5) is 19.2 Å². The molecule has 0 aromatic carbocycles. The summed E-state index contributed by atoms with van der Waals surface area (Å²) in [6.45, 7) is 0.